The first-order chi connectivity index (χ1) is 11.4. The molecule has 1 aromatic carbocycles. The van der Waals surface area contributed by atoms with E-state index in [1.54, 1.807) is 4.90 Å². The molecule has 2 aliphatic rings. The molecule has 1 saturated heterocycles. The van der Waals surface area contributed by atoms with Gasteiger partial charge in [-0.2, -0.15) is 0 Å². The molecule has 0 aromatic heterocycles. The number of carbonyl (C=O) groups is 1. The van der Waals surface area contributed by atoms with Crippen LogP contribution in [0.4, 0.5) is 10.5 Å². The van der Waals surface area contributed by atoms with Gasteiger partial charge in [-0.1, -0.05) is 6.07 Å². The zero-order chi connectivity index (χ0) is 17.2. The van der Waals surface area contributed by atoms with Crippen LogP contribution in [0.25, 0.3) is 0 Å². The van der Waals surface area contributed by atoms with Crippen LogP contribution in [0.3, 0.4) is 0 Å². The quantitative estimate of drug-likeness (QED) is 0.892. The Morgan fingerprint density at radius 2 is 2.00 bits per heavy atom. The maximum absolute atomic E-state index is 12.2. The van der Waals surface area contributed by atoms with Crippen LogP contribution in [-0.4, -0.2) is 35.8 Å². The van der Waals surface area contributed by atoms with E-state index >= 15 is 0 Å². The van der Waals surface area contributed by atoms with Crippen molar-refractivity contribution < 1.29 is 14.3 Å². The van der Waals surface area contributed by atoms with Crippen LogP contribution in [0, 0.1) is 0 Å². The van der Waals surface area contributed by atoms with Gasteiger partial charge in [0.1, 0.15) is 5.60 Å². The molecule has 1 aromatic rings. The van der Waals surface area contributed by atoms with E-state index in [1.165, 1.54) is 11.1 Å². The van der Waals surface area contributed by atoms with Gasteiger partial charge in [0.05, 0.1) is 0 Å². The van der Waals surface area contributed by atoms with Crippen LogP contribution in [0.1, 0.15) is 51.2 Å². The Balaban J connectivity index is 1.62. The van der Waals surface area contributed by atoms with Crippen LogP contribution in [0.5, 0.6) is 0 Å². The summed E-state index contributed by atoms with van der Waals surface area (Å²) in [4.78, 5) is 14.0. The number of hydrogen-bond acceptors (Lipinski definition) is 4. The zero-order valence-corrected chi connectivity index (χ0v) is 14.9. The Morgan fingerprint density at radius 1 is 1.21 bits per heavy atom. The Morgan fingerprint density at radius 3 is 2.79 bits per heavy atom. The molecule has 24 heavy (non-hydrogen) atoms. The van der Waals surface area contributed by atoms with E-state index in [-0.39, 0.29) is 6.09 Å². The summed E-state index contributed by atoms with van der Waals surface area (Å²) in [5, 5.41) is 3.62. The molecule has 0 bridgehead atoms. The minimum absolute atomic E-state index is 0.242. The first-order valence-corrected chi connectivity index (χ1v) is 8.85. The molecule has 0 spiro atoms. The van der Waals surface area contributed by atoms with E-state index in [4.69, 9.17) is 9.47 Å². The third-order valence-electron chi connectivity index (χ3n) is 4.40. The second-order valence-corrected chi connectivity index (χ2v) is 7.70. The van der Waals surface area contributed by atoms with Gasteiger partial charge in [0.25, 0.3) is 0 Å². The highest BCUT2D eigenvalue weighted by molar-refractivity contribution is 5.69. The molecule has 1 amide bonds. The van der Waals surface area contributed by atoms with Gasteiger partial charge in [0.2, 0.25) is 0 Å². The highest BCUT2D eigenvalue weighted by atomic mass is 16.6. The largest absolute Gasteiger partial charge is 0.444 e. The predicted octanol–water partition coefficient (Wildman–Crippen LogP) is 3.92. The van der Waals surface area contributed by atoms with E-state index in [9.17, 15) is 4.79 Å². The highest BCUT2D eigenvalue weighted by Gasteiger charge is 2.28. The van der Waals surface area contributed by atoms with Gasteiger partial charge in [-0.3, -0.25) is 4.90 Å². The van der Waals surface area contributed by atoms with Crippen molar-refractivity contribution in [1.29, 1.82) is 0 Å². The lowest BCUT2D eigenvalue weighted by atomic mass is 10.1. The molecule has 0 aliphatic carbocycles. The second kappa shape index (κ2) is 7.01. The molecule has 1 atom stereocenters. The van der Waals surface area contributed by atoms with E-state index in [1.807, 2.05) is 20.8 Å². The van der Waals surface area contributed by atoms with E-state index in [2.05, 4.69) is 23.5 Å². The minimum atomic E-state index is -0.458. The van der Waals surface area contributed by atoms with Crippen molar-refractivity contribution in [3.63, 3.8) is 0 Å². The topological polar surface area (TPSA) is 50.8 Å². The van der Waals surface area contributed by atoms with Crippen molar-refractivity contribution in [1.82, 2.24) is 4.90 Å². The Kier molecular flexibility index (Phi) is 4.99. The SMILES string of the molecule is CC(C)(C)OC(=O)N1Cc2ccc(NC3CCCOCC3)cc2C1. The number of hydrogen-bond donors (Lipinski definition) is 1. The number of ether oxygens (including phenoxy) is 2. The number of anilines is 1. The van der Waals surface area contributed by atoms with Crippen molar-refractivity contribution >= 4 is 11.8 Å². The molecule has 2 heterocycles. The number of carbonyl (C=O) groups excluding carboxylic acids is 1. The van der Waals surface area contributed by atoms with Crippen molar-refractivity contribution in [2.24, 2.45) is 0 Å². The fourth-order valence-electron chi connectivity index (χ4n) is 3.22. The van der Waals surface area contributed by atoms with Gasteiger partial charge >= 0.3 is 6.09 Å². The number of nitrogens with one attached hydrogen (secondary N) is 1. The van der Waals surface area contributed by atoms with E-state index in [0.29, 0.717) is 19.1 Å². The Bertz CT molecular complexity index is 587. The van der Waals surface area contributed by atoms with Crippen LogP contribution in [-0.2, 0) is 22.6 Å². The van der Waals surface area contributed by atoms with Crippen molar-refractivity contribution in [2.75, 3.05) is 18.5 Å². The lowest BCUT2D eigenvalue weighted by Crippen LogP contribution is -2.33. The van der Waals surface area contributed by atoms with Crippen molar-refractivity contribution in [3.8, 4) is 0 Å². The zero-order valence-electron chi connectivity index (χ0n) is 14.9. The number of amides is 1. The summed E-state index contributed by atoms with van der Waals surface area (Å²) < 4.78 is 11.0. The normalized spacial score (nSPS) is 21.1. The van der Waals surface area contributed by atoms with Gasteiger partial charge < -0.3 is 14.8 Å². The summed E-state index contributed by atoms with van der Waals surface area (Å²) in [7, 11) is 0. The first kappa shape index (κ1) is 17.1. The number of rotatable bonds is 2. The summed E-state index contributed by atoms with van der Waals surface area (Å²) in [5.41, 5.74) is 3.08. The molecule has 1 N–H and O–H groups in total. The standard InChI is InChI=1S/C19H28N2O3/c1-19(2,3)24-18(22)21-12-14-6-7-17(11-15(14)13-21)20-16-5-4-9-23-10-8-16/h6-7,11,16,20H,4-5,8-10,12-13H2,1-3H3. The van der Waals surface area contributed by atoms with Crippen molar-refractivity contribution in [3.05, 3.63) is 29.3 Å². The summed E-state index contributed by atoms with van der Waals surface area (Å²) >= 11 is 0. The second-order valence-electron chi connectivity index (χ2n) is 7.70. The predicted molar refractivity (Wildman–Crippen MR) is 94.0 cm³/mol. The molecule has 1 fully saturated rings. The van der Waals surface area contributed by atoms with Gasteiger partial charge in [0, 0.05) is 38.0 Å². The molecule has 3 rings (SSSR count). The summed E-state index contributed by atoms with van der Waals surface area (Å²) in [6.07, 6.45) is 3.05. The Labute approximate surface area is 144 Å². The fourth-order valence-corrected chi connectivity index (χ4v) is 3.22. The molecule has 2 aliphatic heterocycles. The van der Waals surface area contributed by atoms with E-state index < -0.39 is 5.60 Å². The van der Waals surface area contributed by atoms with Gasteiger partial charge in [-0.15, -0.1) is 0 Å². The number of nitrogens with zero attached hydrogens (tertiary/aromatic N) is 1. The molecule has 5 heteroatoms. The van der Waals surface area contributed by atoms with Crippen LogP contribution >= 0.6 is 0 Å². The average Bonchev–Trinajstić information content (AvgIpc) is 2.75. The smallest absolute Gasteiger partial charge is 0.410 e. The molecule has 0 radical (unpaired) electrons. The summed E-state index contributed by atoms with van der Waals surface area (Å²) in [6, 6.07) is 6.87. The number of fused-ring (bicyclic) bond motifs is 1. The maximum atomic E-state index is 12.2. The third kappa shape index (κ3) is 4.41. The van der Waals surface area contributed by atoms with Crippen LogP contribution in [0.15, 0.2) is 18.2 Å². The third-order valence-corrected chi connectivity index (χ3v) is 4.40. The molecule has 0 saturated carbocycles. The van der Waals surface area contributed by atoms with Crippen LogP contribution < -0.4 is 5.32 Å². The highest BCUT2D eigenvalue weighted by Crippen LogP contribution is 2.28. The average molecular weight is 332 g/mol. The lowest BCUT2D eigenvalue weighted by Gasteiger charge is -2.24. The molecule has 5 nitrogen and oxygen atoms in total. The van der Waals surface area contributed by atoms with Crippen molar-refractivity contribution in [2.45, 2.75) is 64.8 Å². The fraction of sp³-hybridized carbons (Fsp3) is 0.632. The first-order valence-electron chi connectivity index (χ1n) is 8.85. The lowest BCUT2D eigenvalue weighted by molar-refractivity contribution is 0.0242. The molecular formula is C19H28N2O3. The summed E-state index contributed by atoms with van der Waals surface area (Å²) in [5.74, 6) is 0. The van der Waals surface area contributed by atoms with Gasteiger partial charge in [-0.05, 0) is 63.3 Å². The monoisotopic (exact) mass is 332 g/mol. The molecule has 1 unspecified atom stereocenters. The van der Waals surface area contributed by atoms with Crippen LogP contribution in [0.2, 0.25) is 0 Å². The van der Waals surface area contributed by atoms with Gasteiger partial charge in [-0.25, -0.2) is 4.79 Å². The molecule has 132 valence electrons. The number of benzene rings is 1. The minimum Gasteiger partial charge on any atom is -0.444 e. The Hall–Kier alpha value is -1.75. The molecular weight excluding hydrogens is 304 g/mol. The summed E-state index contributed by atoms with van der Waals surface area (Å²) in [6.45, 7) is 8.63. The van der Waals surface area contributed by atoms with Gasteiger partial charge in [0.15, 0.2) is 0 Å². The maximum Gasteiger partial charge on any atom is 0.410 e. The van der Waals surface area contributed by atoms with E-state index in [0.717, 1.165) is 38.2 Å².